The second-order valence-corrected chi connectivity index (χ2v) is 4.11. The number of aryl methyl sites for hydroxylation is 2. The molecule has 0 aromatic heterocycles. The second-order valence-electron chi connectivity index (χ2n) is 3.70. The Morgan fingerprint density at radius 1 is 1.21 bits per heavy atom. The molecule has 1 N–H and O–H groups in total. The van der Waals surface area contributed by atoms with E-state index in [1.165, 1.54) is 17.5 Å². The van der Waals surface area contributed by atoms with Gasteiger partial charge in [0, 0.05) is 11.6 Å². The smallest absolute Gasteiger partial charge is 0.0438 e. The maximum atomic E-state index is 6.03. The van der Waals surface area contributed by atoms with E-state index >= 15 is 0 Å². The van der Waals surface area contributed by atoms with Gasteiger partial charge in [-0.15, -0.1) is 0 Å². The number of hydrogen-bond acceptors (Lipinski definition) is 1. The van der Waals surface area contributed by atoms with Crippen molar-refractivity contribution in [2.75, 3.05) is 6.54 Å². The third-order valence-corrected chi connectivity index (χ3v) is 2.77. The van der Waals surface area contributed by atoms with Gasteiger partial charge in [-0.05, 0) is 49.6 Å². The summed E-state index contributed by atoms with van der Waals surface area (Å²) in [6.07, 6.45) is 1.17. The van der Waals surface area contributed by atoms with Crippen LogP contribution in [0.2, 0.25) is 5.02 Å². The van der Waals surface area contributed by atoms with Crippen LogP contribution in [0.25, 0.3) is 0 Å². The van der Waals surface area contributed by atoms with Crippen molar-refractivity contribution < 1.29 is 0 Å². The molecular formula is C12H18ClN. The summed E-state index contributed by atoms with van der Waals surface area (Å²) >= 11 is 6.03. The van der Waals surface area contributed by atoms with E-state index in [4.69, 9.17) is 11.6 Å². The van der Waals surface area contributed by atoms with Gasteiger partial charge in [0.05, 0.1) is 0 Å². The lowest BCUT2D eigenvalue weighted by Gasteiger charge is -2.09. The van der Waals surface area contributed by atoms with E-state index in [1.807, 2.05) is 13.0 Å². The summed E-state index contributed by atoms with van der Waals surface area (Å²) in [4.78, 5) is 0. The topological polar surface area (TPSA) is 12.0 Å². The fourth-order valence-electron chi connectivity index (χ4n) is 1.43. The van der Waals surface area contributed by atoms with Crippen LogP contribution < -0.4 is 5.32 Å². The lowest BCUT2D eigenvalue weighted by Crippen LogP contribution is -2.14. The van der Waals surface area contributed by atoms with Crippen LogP contribution in [0.15, 0.2) is 12.1 Å². The van der Waals surface area contributed by atoms with Gasteiger partial charge in [-0.25, -0.2) is 0 Å². The molecule has 78 valence electrons. The van der Waals surface area contributed by atoms with Crippen molar-refractivity contribution in [2.24, 2.45) is 0 Å². The van der Waals surface area contributed by atoms with E-state index in [0.29, 0.717) is 0 Å². The number of benzene rings is 1. The van der Waals surface area contributed by atoms with Gasteiger partial charge in [-0.1, -0.05) is 24.6 Å². The molecule has 0 atom stereocenters. The van der Waals surface area contributed by atoms with Gasteiger partial charge in [0.2, 0.25) is 0 Å². The highest BCUT2D eigenvalue weighted by atomic mass is 35.5. The number of hydrogen-bond donors (Lipinski definition) is 1. The molecule has 1 aromatic rings. The highest BCUT2D eigenvalue weighted by Gasteiger charge is 2.01. The molecule has 0 saturated heterocycles. The first-order valence-electron chi connectivity index (χ1n) is 5.11. The SMILES string of the molecule is CCCNCc1cc(C)c(Cl)cc1C. The molecule has 0 aliphatic carbocycles. The Balaban J connectivity index is 2.72. The summed E-state index contributed by atoms with van der Waals surface area (Å²) in [6, 6.07) is 4.21. The van der Waals surface area contributed by atoms with Gasteiger partial charge in [0.1, 0.15) is 0 Å². The Bertz CT molecular complexity index is 307. The molecule has 0 aliphatic heterocycles. The summed E-state index contributed by atoms with van der Waals surface area (Å²) in [7, 11) is 0. The third-order valence-electron chi connectivity index (χ3n) is 2.36. The number of rotatable bonds is 4. The van der Waals surface area contributed by atoms with Crippen LogP contribution in [0.4, 0.5) is 0 Å². The van der Waals surface area contributed by atoms with Crippen molar-refractivity contribution in [3.8, 4) is 0 Å². The fourth-order valence-corrected chi connectivity index (χ4v) is 1.65. The quantitative estimate of drug-likeness (QED) is 0.753. The molecule has 0 unspecified atom stereocenters. The van der Waals surface area contributed by atoms with Crippen LogP contribution >= 0.6 is 11.6 Å². The Morgan fingerprint density at radius 2 is 1.93 bits per heavy atom. The molecule has 0 heterocycles. The van der Waals surface area contributed by atoms with E-state index < -0.39 is 0 Å². The predicted molar refractivity (Wildman–Crippen MR) is 62.9 cm³/mol. The molecule has 0 radical (unpaired) electrons. The van der Waals surface area contributed by atoms with Crippen LogP contribution in [-0.2, 0) is 6.54 Å². The standard InChI is InChI=1S/C12H18ClN/c1-4-5-14-8-11-6-10(3)12(13)7-9(11)2/h6-7,14H,4-5,8H2,1-3H3. The van der Waals surface area contributed by atoms with Crippen LogP contribution in [-0.4, -0.2) is 6.54 Å². The average molecular weight is 212 g/mol. The van der Waals surface area contributed by atoms with Crippen molar-refractivity contribution in [3.05, 3.63) is 33.8 Å². The largest absolute Gasteiger partial charge is 0.313 e. The Labute approximate surface area is 91.5 Å². The minimum atomic E-state index is 0.863. The van der Waals surface area contributed by atoms with Gasteiger partial charge < -0.3 is 5.32 Å². The molecule has 1 aromatic carbocycles. The van der Waals surface area contributed by atoms with Crippen LogP contribution in [0.3, 0.4) is 0 Å². The zero-order valence-corrected chi connectivity index (χ0v) is 9.91. The molecule has 2 heteroatoms. The molecule has 0 saturated carbocycles. The van der Waals surface area contributed by atoms with Crippen molar-refractivity contribution in [2.45, 2.75) is 33.7 Å². The lowest BCUT2D eigenvalue weighted by molar-refractivity contribution is 0.673. The molecular weight excluding hydrogens is 194 g/mol. The van der Waals surface area contributed by atoms with Crippen molar-refractivity contribution >= 4 is 11.6 Å². The first-order chi connectivity index (χ1) is 6.65. The van der Waals surface area contributed by atoms with E-state index in [-0.39, 0.29) is 0 Å². The second kappa shape index (κ2) is 5.38. The van der Waals surface area contributed by atoms with E-state index in [1.54, 1.807) is 0 Å². The van der Waals surface area contributed by atoms with E-state index in [0.717, 1.165) is 23.7 Å². The van der Waals surface area contributed by atoms with Crippen LogP contribution in [0.5, 0.6) is 0 Å². The maximum absolute atomic E-state index is 6.03. The lowest BCUT2D eigenvalue weighted by atomic mass is 10.1. The van der Waals surface area contributed by atoms with Crippen LogP contribution in [0.1, 0.15) is 30.0 Å². The normalized spacial score (nSPS) is 10.6. The van der Waals surface area contributed by atoms with Gasteiger partial charge in [-0.2, -0.15) is 0 Å². The molecule has 0 spiro atoms. The van der Waals surface area contributed by atoms with Crippen LogP contribution in [0, 0.1) is 13.8 Å². The van der Waals surface area contributed by atoms with Crippen molar-refractivity contribution in [3.63, 3.8) is 0 Å². The average Bonchev–Trinajstić information content (AvgIpc) is 2.14. The predicted octanol–water partition coefficient (Wildman–Crippen LogP) is 3.46. The fraction of sp³-hybridized carbons (Fsp3) is 0.500. The summed E-state index contributed by atoms with van der Waals surface area (Å²) < 4.78 is 0. The van der Waals surface area contributed by atoms with E-state index in [9.17, 15) is 0 Å². The third kappa shape index (κ3) is 3.00. The zero-order valence-electron chi connectivity index (χ0n) is 9.15. The molecule has 1 nitrogen and oxygen atoms in total. The molecule has 14 heavy (non-hydrogen) atoms. The minimum Gasteiger partial charge on any atom is -0.313 e. The molecule has 0 aliphatic rings. The first-order valence-corrected chi connectivity index (χ1v) is 5.49. The Morgan fingerprint density at radius 3 is 2.57 bits per heavy atom. The number of halogens is 1. The van der Waals surface area contributed by atoms with Gasteiger partial charge in [-0.3, -0.25) is 0 Å². The highest BCUT2D eigenvalue weighted by Crippen LogP contribution is 2.20. The van der Waals surface area contributed by atoms with Crippen molar-refractivity contribution in [1.29, 1.82) is 0 Å². The summed E-state index contributed by atoms with van der Waals surface area (Å²) in [5.74, 6) is 0. The molecule has 0 amide bonds. The molecule has 1 rings (SSSR count). The van der Waals surface area contributed by atoms with Gasteiger partial charge in [0.15, 0.2) is 0 Å². The van der Waals surface area contributed by atoms with Gasteiger partial charge in [0.25, 0.3) is 0 Å². The summed E-state index contributed by atoms with van der Waals surface area (Å²) in [6.45, 7) is 8.34. The zero-order chi connectivity index (χ0) is 10.6. The van der Waals surface area contributed by atoms with Gasteiger partial charge >= 0.3 is 0 Å². The van der Waals surface area contributed by atoms with Crippen molar-refractivity contribution in [1.82, 2.24) is 5.32 Å². The molecule has 0 fully saturated rings. The minimum absolute atomic E-state index is 0.863. The Hall–Kier alpha value is -0.530. The highest BCUT2D eigenvalue weighted by molar-refractivity contribution is 6.31. The number of nitrogens with one attached hydrogen (secondary N) is 1. The monoisotopic (exact) mass is 211 g/mol. The first kappa shape index (κ1) is 11.5. The van der Waals surface area contributed by atoms with E-state index in [2.05, 4.69) is 25.2 Å². The summed E-state index contributed by atoms with van der Waals surface area (Å²) in [5.41, 5.74) is 3.77. The Kier molecular flexibility index (Phi) is 4.43. The molecule has 0 bridgehead atoms. The maximum Gasteiger partial charge on any atom is 0.0438 e. The summed E-state index contributed by atoms with van der Waals surface area (Å²) in [5, 5.41) is 4.26.